The van der Waals surface area contributed by atoms with E-state index in [1.54, 1.807) is 7.11 Å². The van der Waals surface area contributed by atoms with Crippen molar-refractivity contribution in [3.8, 4) is 5.75 Å². The highest BCUT2D eigenvalue weighted by Crippen LogP contribution is 2.35. The number of carbonyl (C=O) groups is 1. The molecule has 18 heavy (non-hydrogen) atoms. The summed E-state index contributed by atoms with van der Waals surface area (Å²) in [7, 11) is 3.57. The van der Waals surface area contributed by atoms with Crippen molar-refractivity contribution in [1.82, 2.24) is 15.4 Å². The Morgan fingerprint density at radius 2 is 2.22 bits per heavy atom. The van der Waals surface area contributed by atoms with E-state index < -0.39 is 0 Å². The molecular weight excluding hydrogens is 298 g/mol. The van der Waals surface area contributed by atoms with Gasteiger partial charge in [-0.3, -0.25) is 10.2 Å². The van der Waals surface area contributed by atoms with Gasteiger partial charge >= 0.3 is 0 Å². The minimum atomic E-state index is -0.105. The summed E-state index contributed by atoms with van der Waals surface area (Å²) in [4.78, 5) is 12.0. The largest absolute Gasteiger partial charge is 0.496 e. The molecule has 5 nitrogen and oxygen atoms in total. The average molecular weight is 310 g/mol. The summed E-state index contributed by atoms with van der Waals surface area (Å²) in [6.45, 7) is 0.617. The summed E-state index contributed by atoms with van der Waals surface area (Å²) < 4.78 is 8.19. The second kappa shape index (κ2) is 4.00. The van der Waals surface area contributed by atoms with Gasteiger partial charge in [-0.25, -0.2) is 5.43 Å². The van der Waals surface area contributed by atoms with Gasteiger partial charge in [0.15, 0.2) is 0 Å². The predicted molar refractivity (Wildman–Crippen MR) is 71.5 cm³/mol. The summed E-state index contributed by atoms with van der Waals surface area (Å²) in [5.74, 6) is 0.619. The number of halogens is 1. The van der Waals surface area contributed by atoms with Gasteiger partial charge in [0.25, 0.3) is 5.91 Å². The molecule has 3 rings (SSSR count). The lowest BCUT2D eigenvalue weighted by atomic mass is 10.1. The van der Waals surface area contributed by atoms with Crippen LogP contribution in [0.25, 0.3) is 10.9 Å². The third-order valence-corrected chi connectivity index (χ3v) is 3.90. The molecule has 1 amide bonds. The fourth-order valence-electron chi connectivity index (χ4n) is 2.38. The summed E-state index contributed by atoms with van der Waals surface area (Å²) in [6.07, 6.45) is 0. The Bertz CT molecular complexity index is 663. The minimum absolute atomic E-state index is 0.105. The highest BCUT2D eigenvalue weighted by Gasteiger charge is 2.25. The number of aryl methyl sites for hydroxylation is 1. The Hall–Kier alpha value is -1.53. The molecule has 0 bridgehead atoms. The number of hydrazine groups is 1. The molecule has 0 aliphatic carbocycles. The van der Waals surface area contributed by atoms with Crippen molar-refractivity contribution >= 4 is 32.7 Å². The van der Waals surface area contributed by atoms with Crippen LogP contribution >= 0.6 is 15.9 Å². The molecule has 0 atom stereocenters. The first-order valence-electron chi connectivity index (χ1n) is 5.51. The fourth-order valence-corrected chi connectivity index (χ4v) is 2.87. The second-order valence-electron chi connectivity index (χ2n) is 4.19. The van der Waals surface area contributed by atoms with E-state index >= 15 is 0 Å². The van der Waals surface area contributed by atoms with Crippen LogP contribution in [0.1, 0.15) is 16.1 Å². The standard InChI is InChI=1S/C12H12BrN3O2/c1-16-8-4-7(13)10(18-2)3-6(8)11-9(16)5-14-15-12(11)17/h3-4,14H,5H2,1-2H3,(H,15,17). The number of nitrogens with zero attached hydrogens (tertiary/aromatic N) is 1. The van der Waals surface area contributed by atoms with Gasteiger partial charge in [0.1, 0.15) is 5.75 Å². The van der Waals surface area contributed by atoms with Crippen molar-refractivity contribution < 1.29 is 9.53 Å². The first-order valence-corrected chi connectivity index (χ1v) is 6.30. The maximum absolute atomic E-state index is 12.0. The number of rotatable bonds is 1. The van der Waals surface area contributed by atoms with Crippen molar-refractivity contribution in [2.75, 3.05) is 7.11 Å². The summed E-state index contributed by atoms with van der Waals surface area (Å²) in [5, 5.41) is 0.909. The lowest BCUT2D eigenvalue weighted by Crippen LogP contribution is -2.42. The van der Waals surface area contributed by atoms with Crippen LogP contribution in [0.3, 0.4) is 0 Å². The van der Waals surface area contributed by atoms with E-state index in [1.165, 1.54) is 0 Å². The van der Waals surface area contributed by atoms with E-state index in [0.717, 1.165) is 32.4 Å². The zero-order chi connectivity index (χ0) is 12.9. The first kappa shape index (κ1) is 11.6. The van der Waals surface area contributed by atoms with Crippen LogP contribution < -0.4 is 15.6 Å². The van der Waals surface area contributed by atoms with Crippen LogP contribution in [0.2, 0.25) is 0 Å². The van der Waals surface area contributed by atoms with Crippen molar-refractivity contribution in [3.63, 3.8) is 0 Å². The second-order valence-corrected chi connectivity index (χ2v) is 5.05. The highest BCUT2D eigenvalue weighted by molar-refractivity contribution is 9.10. The van der Waals surface area contributed by atoms with Crippen molar-refractivity contribution in [1.29, 1.82) is 0 Å². The molecule has 0 spiro atoms. The number of benzene rings is 1. The molecule has 0 saturated heterocycles. The molecule has 6 heteroatoms. The minimum Gasteiger partial charge on any atom is -0.496 e. The number of carbonyl (C=O) groups excluding carboxylic acids is 1. The monoisotopic (exact) mass is 309 g/mol. The van der Waals surface area contributed by atoms with Crippen molar-refractivity contribution in [2.24, 2.45) is 7.05 Å². The highest BCUT2D eigenvalue weighted by atomic mass is 79.9. The summed E-state index contributed by atoms with van der Waals surface area (Å²) >= 11 is 3.47. The molecule has 0 fully saturated rings. The quantitative estimate of drug-likeness (QED) is 0.843. The van der Waals surface area contributed by atoms with Gasteiger partial charge in [-0.2, -0.15) is 0 Å². The smallest absolute Gasteiger partial charge is 0.267 e. The molecule has 0 saturated carbocycles. The van der Waals surface area contributed by atoms with Crippen molar-refractivity contribution in [2.45, 2.75) is 6.54 Å². The molecule has 1 aliphatic heterocycles. The van der Waals surface area contributed by atoms with Crippen LogP contribution in [0.15, 0.2) is 16.6 Å². The molecule has 0 unspecified atom stereocenters. The van der Waals surface area contributed by atoms with Gasteiger partial charge in [0.2, 0.25) is 0 Å². The van der Waals surface area contributed by atoms with Crippen LogP contribution in [-0.4, -0.2) is 17.6 Å². The van der Waals surface area contributed by atoms with Gasteiger partial charge in [0, 0.05) is 18.1 Å². The van der Waals surface area contributed by atoms with Crippen LogP contribution in [0, 0.1) is 0 Å². The summed E-state index contributed by atoms with van der Waals surface area (Å²) in [6, 6.07) is 3.86. The molecule has 0 radical (unpaired) electrons. The Morgan fingerprint density at radius 1 is 1.44 bits per heavy atom. The van der Waals surface area contributed by atoms with E-state index in [9.17, 15) is 4.79 Å². The third-order valence-electron chi connectivity index (χ3n) is 3.28. The van der Waals surface area contributed by atoms with Gasteiger partial charge in [-0.1, -0.05) is 0 Å². The number of nitrogens with one attached hydrogen (secondary N) is 2. The molecule has 2 N–H and O–H groups in total. The van der Waals surface area contributed by atoms with E-state index in [2.05, 4.69) is 26.8 Å². The van der Waals surface area contributed by atoms with E-state index in [-0.39, 0.29) is 5.91 Å². The Labute approximate surface area is 112 Å². The topological polar surface area (TPSA) is 55.3 Å². The lowest BCUT2D eigenvalue weighted by molar-refractivity contribution is 0.0920. The zero-order valence-electron chi connectivity index (χ0n) is 10.0. The molecule has 2 heterocycles. The molecule has 1 aliphatic rings. The Balaban J connectivity index is 2.41. The number of amides is 1. The number of ether oxygens (including phenoxy) is 1. The van der Waals surface area contributed by atoms with E-state index in [4.69, 9.17) is 4.74 Å². The van der Waals surface area contributed by atoms with Crippen molar-refractivity contribution in [3.05, 3.63) is 27.9 Å². The Kier molecular flexibility index (Phi) is 2.57. The number of aromatic nitrogens is 1. The van der Waals surface area contributed by atoms with Gasteiger partial charge in [-0.15, -0.1) is 0 Å². The molecule has 1 aromatic carbocycles. The third kappa shape index (κ3) is 1.46. The van der Waals surface area contributed by atoms with Crippen LogP contribution in [0.5, 0.6) is 5.75 Å². The number of hydrogen-bond acceptors (Lipinski definition) is 3. The Morgan fingerprint density at radius 3 is 2.94 bits per heavy atom. The van der Waals surface area contributed by atoms with E-state index in [1.807, 2.05) is 23.7 Å². The SMILES string of the molecule is COc1cc2c3c(n(C)c2cc1Br)CNNC3=O. The number of fused-ring (bicyclic) bond motifs is 3. The fraction of sp³-hybridized carbons (Fsp3) is 0.250. The van der Waals surface area contributed by atoms with Gasteiger partial charge in [-0.05, 0) is 28.1 Å². The zero-order valence-corrected chi connectivity index (χ0v) is 11.6. The first-order chi connectivity index (χ1) is 8.63. The van der Waals surface area contributed by atoms with Crippen LogP contribution in [0.4, 0.5) is 0 Å². The summed E-state index contributed by atoms with van der Waals surface area (Å²) in [5.41, 5.74) is 8.22. The maximum atomic E-state index is 12.0. The maximum Gasteiger partial charge on any atom is 0.267 e. The lowest BCUT2D eigenvalue weighted by Gasteiger charge is -2.15. The van der Waals surface area contributed by atoms with E-state index in [0.29, 0.717) is 6.54 Å². The molecular formula is C12H12BrN3O2. The molecule has 2 aromatic rings. The molecule has 94 valence electrons. The van der Waals surface area contributed by atoms with Gasteiger partial charge in [0.05, 0.1) is 29.2 Å². The number of hydrogen-bond donors (Lipinski definition) is 2. The number of methoxy groups -OCH3 is 1. The van der Waals surface area contributed by atoms with Gasteiger partial charge < -0.3 is 9.30 Å². The molecule has 1 aromatic heterocycles. The normalized spacial score (nSPS) is 14.5. The van der Waals surface area contributed by atoms with Crippen LogP contribution in [-0.2, 0) is 13.6 Å². The predicted octanol–water partition coefficient (Wildman–Crippen LogP) is 1.70. The average Bonchev–Trinajstić information content (AvgIpc) is 2.63.